The van der Waals surface area contributed by atoms with Gasteiger partial charge in [-0.3, -0.25) is 0 Å². The van der Waals surface area contributed by atoms with Crippen LogP contribution in [-0.2, 0) is 15.9 Å². The topological polar surface area (TPSA) is 75.4 Å². The number of halogens is 5. The van der Waals surface area contributed by atoms with E-state index in [4.69, 9.17) is 11.6 Å². The highest BCUT2D eigenvalue weighted by Gasteiger charge is 2.48. The fourth-order valence-electron chi connectivity index (χ4n) is 3.44. The zero-order valence-electron chi connectivity index (χ0n) is 15.9. The van der Waals surface area contributed by atoms with Crippen LogP contribution < -0.4 is 4.90 Å². The largest absolute Gasteiger partial charge is 0.385 e. The van der Waals surface area contributed by atoms with Gasteiger partial charge in [0, 0.05) is 12.5 Å². The smallest absolute Gasteiger partial charge is 0.292 e. The molecule has 4 rings (SSSR count). The molecule has 0 amide bonds. The molecule has 3 aromatic rings. The second-order valence-corrected chi connectivity index (χ2v) is 9.55. The predicted molar refractivity (Wildman–Crippen MR) is 107 cm³/mol. The van der Waals surface area contributed by atoms with Gasteiger partial charge in [-0.25, -0.2) is 17.6 Å². The van der Waals surface area contributed by atoms with Crippen LogP contribution in [0.2, 0.25) is 5.02 Å². The zero-order chi connectivity index (χ0) is 22.8. The Morgan fingerprint density at radius 1 is 1.19 bits per heavy atom. The molecule has 2 heterocycles. The lowest BCUT2D eigenvalue weighted by Crippen LogP contribution is -2.31. The van der Waals surface area contributed by atoms with E-state index in [1.165, 1.54) is 18.2 Å². The number of aromatic nitrogens is 2. The van der Waals surface area contributed by atoms with Crippen LogP contribution in [0.3, 0.4) is 0 Å². The number of β-amino-alcohol motifs (C(OH)–C–C–N with tert-alkyl or cyclic N) is 1. The Morgan fingerprint density at radius 3 is 2.39 bits per heavy atom. The van der Waals surface area contributed by atoms with Crippen molar-refractivity contribution in [2.24, 2.45) is 0 Å². The molecule has 1 atom stereocenters. The van der Waals surface area contributed by atoms with Crippen molar-refractivity contribution < 1.29 is 31.1 Å². The van der Waals surface area contributed by atoms with Crippen molar-refractivity contribution in [2.45, 2.75) is 29.8 Å². The van der Waals surface area contributed by atoms with Gasteiger partial charge in [0.2, 0.25) is 0 Å². The molecular formula is C19H16ClF4N3O3S. The van der Waals surface area contributed by atoms with Crippen LogP contribution in [0.1, 0.15) is 12.5 Å². The molecule has 166 valence electrons. The van der Waals surface area contributed by atoms with Gasteiger partial charge in [-0.1, -0.05) is 29.8 Å². The number of hydrogen-bond donors (Lipinski definition) is 1. The van der Waals surface area contributed by atoms with Gasteiger partial charge in [-0.05, 0) is 24.3 Å². The summed E-state index contributed by atoms with van der Waals surface area (Å²) in [5, 5.41) is 13.9. The molecule has 2 aromatic carbocycles. The molecule has 1 aromatic heterocycles. The summed E-state index contributed by atoms with van der Waals surface area (Å²) < 4.78 is 81.7. The third-order valence-corrected chi connectivity index (χ3v) is 6.99. The summed E-state index contributed by atoms with van der Waals surface area (Å²) in [6.07, 6.45) is -1.95. The molecule has 1 aliphatic heterocycles. The van der Waals surface area contributed by atoms with Crippen molar-refractivity contribution >= 4 is 38.3 Å². The minimum absolute atomic E-state index is 0.0251. The van der Waals surface area contributed by atoms with E-state index in [-0.39, 0.29) is 32.2 Å². The van der Waals surface area contributed by atoms with Gasteiger partial charge in [-0.2, -0.15) is 12.5 Å². The number of rotatable bonds is 4. The Labute approximate surface area is 179 Å². The van der Waals surface area contributed by atoms with Gasteiger partial charge in [0.25, 0.3) is 21.9 Å². The van der Waals surface area contributed by atoms with Crippen molar-refractivity contribution in [2.75, 3.05) is 18.0 Å². The average Bonchev–Trinajstić information content (AvgIpc) is 3.20. The number of aliphatic hydroxyl groups excluding tert-OH is 1. The number of nitrogens with zero attached hydrogens (tertiary/aromatic N) is 3. The third kappa shape index (κ3) is 3.64. The van der Waals surface area contributed by atoms with Crippen LogP contribution in [-0.4, -0.2) is 47.8 Å². The number of benzene rings is 2. The molecule has 0 aliphatic carbocycles. The van der Waals surface area contributed by atoms with Gasteiger partial charge in [-0.15, -0.1) is 5.10 Å². The lowest BCUT2D eigenvalue weighted by Gasteiger charge is -2.15. The van der Waals surface area contributed by atoms with Crippen LogP contribution in [0.25, 0.3) is 10.9 Å². The van der Waals surface area contributed by atoms with Gasteiger partial charge in [0.1, 0.15) is 6.10 Å². The summed E-state index contributed by atoms with van der Waals surface area (Å²) in [7, 11) is -4.37. The SMILES string of the molecule is CC(F)(F)c1ccc(S(=O)(=O)n2nc(N3C[C@H](O)C(F)(F)C3)c3c(Cl)cccc32)cc1. The lowest BCUT2D eigenvalue weighted by atomic mass is 10.1. The molecule has 1 aliphatic rings. The Hall–Kier alpha value is -2.37. The van der Waals surface area contributed by atoms with E-state index in [9.17, 15) is 31.1 Å². The monoisotopic (exact) mass is 477 g/mol. The van der Waals surface area contributed by atoms with E-state index in [2.05, 4.69) is 5.10 Å². The predicted octanol–water partition coefficient (Wildman–Crippen LogP) is 3.85. The van der Waals surface area contributed by atoms with Gasteiger partial charge in [0.15, 0.2) is 5.82 Å². The molecule has 1 N–H and O–H groups in total. The Balaban J connectivity index is 1.86. The molecule has 1 saturated heterocycles. The fraction of sp³-hybridized carbons (Fsp3) is 0.316. The van der Waals surface area contributed by atoms with Crippen LogP contribution >= 0.6 is 11.6 Å². The van der Waals surface area contributed by atoms with Crippen LogP contribution in [0.15, 0.2) is 47.4 Å². The summed E-state index contributed by atoms with van der Waals surface area (Å²) >= 11 is 6.22. The maximum atomic E-state index is 13.9. The molecule has 0 saturated carbocycles. The highest BCUT2D eigenvalue weighted by atomic mass is 35.5. The van der Waals surface area contributed by atoms with E-state index in [1.54, 1.807) is 0 Å². The maximum absolute atomic E-state index is 13.9. The molecule has 0 spiro atoms. The lowest BCUT2D eigenvalue weighted by molar-refractivity contribution is -0.0712. The van der Waals surface area contributed by atoms with E-state index in [0.29, 0.717) is 11.0 Å². The Morgan fingerprint density at radius 2 is 1.84 bits per heavy atom. The maximum Gasteiger partial charge on any atom is 0.292 e. The van der Waals surface area contributed by atoms with E-state index < -0.39 is 41.1 Å². The first-order chi connectivity index (χ1) is 14.3. The zero-order valence-corrected chi connectivity index (χ0v) is 17.5. The Kier molecular flexibility index (Phi) is 4.99. The first-order valence-electron chi connectivity index (χ1n) is 9.04. The second-order valence-electron chi connectivity index (χ2n) is 7.38. The fourth-order valence-corrected chi connectivity index (χ4v) is 4.97. The normalized spacial score (nSPS) is 19.3. The molecule has 31 heavy (non-hydrogen) atoms. The minimum Gasteiger partial charge on any atom is -0.385 e. The summed E-state index contributed by atoms with van der Waals surface area (Å²) in [6.45, 7) is -0.650. The van der Waals surface area contributed by atoms with E-state index in [1.807, 2.05) is 0 Å². The first-order valence-corrected chi connectivity index (χ1v) is 10.9. The van der Waals surface area contributed by atoms with Crippen molar-refractivity contribution in [3.05, 3.63) is 53.1 Å². The number of hydrogen-bond acceptors (Lipinski definition) is 5. The molecule has 12 heteroatoms. The van der Waals surface area contributed by atoms with Gasteiger partial charge >= 0.3 is 0 Å². The van der Waals surface area contributed by atoms with Gasteiger partial charge in [0.05, 0.1) is 33.9 Å². The van der Waals surface area contributed by atoms with Gasteiger partial charge < -0.3 is 10.0 Å². The molecule has 0 unspecified atom stereocenters. The van der Waals surface area contributed by atoms with Crippen LogP contribution in [0, 0.1) is 0 Å². The molecule has 1 fully saturated rings. The number of aliphatic hydroxyl groups is 1. The highest BCUT2D eigenvalue weighted by molar-refractivity contribution is 7.90. The highest BCUT2D eigenvalue weighted by Crippen LogP contribution is 2.38. The molecule has 0 bridgehead atoms. The summed E-state index contributed by atoms with van der Waals surface area (Å²) in [5.74, 6) is -6.68. The van der Waals surface area contributed by atoms with Crippen molar-refractivity contribution in [1.82, 2.24) is 9.19 Å². The van der Waals surface area contributed by atoms with E-state index >= 15 is 0 Å². The standard InChI is InChI=1S/C19H16ClF4N3O3S/c1-18(21,22)11-5-7-12(8-6-11)31(29,30)27-14-4-2-3-13(20)16(14)17(25-27)26-9-15(28)19(23,24)10-26/h2-8,15,28H,9-10H2,1H3/t15-/m0/s1. The minimum atomic E-state index is -4.37. The van der Waals surface area contributed by atoms with Crippen LogP contribution in [0.4, 0.5) is 23.4 Å². The second kappa shape index (κ2) is 7.07. The molecule has 6 nitrogen and oxygen atoms in total. The van der Waals surface area contributed by atoms with Crippen molar-refractivity contribution in [3.63, 3.8) is 0 Å². The number of anilines is 1. The number of fused-ring (bicyclic) bond motifs is 1. The Bertz CT molecular complexity index is 1260. The number of alkyl halides is 4. The van der Waals surface area contributed by atoms with Crippen LogP contribution in [0.5, 0.6) is 0 Å². The third-order valence-electron chi connectivity index (χ3n) is 5.08. The average molecular weight is 478 g/mol. The summed E-state index contributed by atoms with van der Waals surface area (Å²) in [6, 6.07) is 8.34. The van der Waals surface area contributed by atoms with Crippen molar-refractivity contribution in [1.29, 1.82) is 0 Å². The first kappa shape index (κ1) is 21.8. The summed E-state index contributed by atoms with van der Waals surface area (Å²) in [5.41, 5.74) is -0.342. The molecule has 0 radical (unpaired) electrons. The van der Waals surface area contributed by atoms with E-state index in [0.717, 1.165) is 29.2 Å². The quantitative estimate of drug-likeness (QED) is 0.578. The molecular weight excluding hydrogens is 462 g/mol. The van der Waals surface area contributed by atoms with Crippen molar-refractivity contribution in [3.8, 4) is 0 Å². The summed E-state index contributed by atoms with van der Waals surface area (Å²) in [4.78, 5) is 0.745.